The van der Waals surface area contributed by atoms with Gasteiger partial charge in [0.15, 0.2) is 0 Å². The van der Waals surface area contributed by atoms with Gasteiger partial charge in [-0.05, 0) is 0 Å². The maximum absolute atomic E-state index is 8.56. The van der Waals surface area contributed by atoms with Crippen molar-refractivity contribution in [3.8, 4) is 0 Å². The molecule has 0 aromatic heterocycles. The van der Waals surface area contributed by atoms with E-state index in [1.165, 1.54) is 0 Å². The average Bonchev–Trinajstić information content (AvgIpc) is 0.811. The Morgan fingerprint density at radius 3 is 1.40 bits per heavy atom. The van der Waals surface area contributed by atoms with Gasteiger partial charge in [-0.25, -0.2) is 4.79 Å². The van der Waals surface area contributed by atoms with Crippen LogP contribution in [0.15, 0.2) is 0 Å². The summed E-state index contributed by atoms with van der Waals surface area (Å²) in [6.45, 7) is 0. The Labute approximate surface area is 48.8 Å². The van der Waals surface area contributed by atoms with Crippen LogP contribution >= 0.6 is 0 Å². The molecule has 0 amide bonds. The van der Waals surface area contributed by atoms with Gasteiger partial charge in [0.05, 0.1) is 0 Å². The van der Waals surface area contributed by atoms with Crippen LogP contribution in [0.1, 0.15) is 0 Å². The van der Waals surface area contributed by atoms with Gasteiger partial charge in [-0.15, -0.1) is 0 Å². The summed E-state index contributed by atoms with van der Waals surface area (Å²) in [4.78, 5) is 8.56. The zero-order valence-electron chi connectivity index (χ0n) is 2.51. The molecule has 3 nitrogen and oxygen atoms in total. The average molecular weight is 271 g/mol. The number of carbonyl (C=O) groups is 1. The first-order chi connectivity index (χ1) is 1.73. The first-order valence-electron chi connectivity index (χ1n) is 0.651. The predicted molar refractivity (Wildman–Crippen MR) is 19.2 cm³/mol. The second-order valence-electron chi connectivity index (χ2n) is 0.283. The molecule has 0 saturated heterocycles. The Morgan fingerprint density at radius 1 is 1.40 bits per heavy atom. The molecule has 0 heterocycles. The zero-order chi connectivity index (χ0) is 3.58. The monoisotopic (exact) mass is 272 g/mol. The third-order valence-corrected chi connectivity index (χ3v) is 0. The molecule has 0 aromatic rings. The van der Waals surface area contributed by atoms with Crippen LogP contribution in [0.25, 0.3) is 0 Å². The van der Waals surface area contributed by atoms with Crippen LogP contribution in [0.2, 0.25) is 0 Å². The van der Waals surface area contributed by atoms with Crippen LogP contribution < -0.4 is 0 Å². The number of hydrogen-bond donors (Lipinski definition) is 2. The fourth-order valence-electron chi connectivity index (χ4n) is 0. The first kappa shape index (κ1) is 8.95. The van der Waals surface area contributed by atoms with E-state index in [0.29, 0.717) is 0 Å². The Morgan fingerprint density at radius 2 is 1.40 bits per heavy atom. The quantitative estimate of drug-likeness (QED) is 0.573. The summed E-state index contributed by atoms with van der Waals surface area (Å²) >= 11 is 0. The summed E-state index contributed by atoms with van der Waals surface area (Å²) in [5.74, 6) is 0. The van der Waals surface area contributed by atoms with Gasteiger partial charge in [-0.2, -0.15) is 0 Å². The van der Waals surface area contributed by atoms with E-state index in [0.717, 1.165) is 0 Å². The zero-order valence-corrected chi connectivity index (χ0v) is 8.01. The third-order valence-electron chi connectivity index (χ3n) is 0. The second kappa shape index (κ2) is 4.19. The molecule has 30 valence electrons. The minimum absolute atomic E-state index is 0. The maximum atomic E-state index is 8.56. The molecule has 0 aliphatic heterocycles. The molecule has 0 unspecified atom stereocenters. The van der Waals surface area contributed by atoms with Gasteiger partial charge in [0.25, 0.3) is 0 Å². The molecule has 0 spiro atoms. The molecule has 0 aromatic carbocycles. The summed E-state index contributed by atoms with van der Waals surface area (Å²) in [6.07, 6.45) is -1.83. The summed E-state index contributed by atoms with van der Waals surface area (Å²) in [5, 5.41) is 13.9. The van der Waals surface area contributed by atoms with Crippen molar-refractivity contribution < 1.29 is 15.0 Å². The van der Waals surface area contributed by atoms with Gasteiger partial charge < -0.3 is 10.2 Å². The van der Waals surface area contributed by atoms with E-state index in [-0.39, 0.29) is 27.3 Å². The summed E-state index contributed by atoms with van der Waals surface area (Å²) in [6, 6.07) is 0. The normalized spacial score (nSPS) is 4.80. The van der Waals surface area contributed by atoms with Gasteiger partial charge in [0, 0.05) is 0 Å². The van der Waals surface area contributed by atoms with Crippen molar-refractivity contribution in [2.75, 3.05) is 0 Å². The van der Waals surface area contributed by atoms with Gasteiger partial charge in [-0.3, -0.25) is 0 Å². The molecule has 0 saturated carbocycles. The van der Waals surface area contributed by atoms with Crippen molar-refractivity contribution in [1.82, 2.24) is 0 Å². The van der Waals surface area contributed by atoms with Crippen LogP contribution in [0.4, 0.5) is 4.79 Å². The molecule has 0 atom stereocenters. The minimum atomic E-state index is -1.83. The van der Waals surface area contributed by atoms with E-state index >= 15 is 0 Å². The molecule has 4 heteroatoms. The summed E-state index contributed by atoms with van der Waals surface area (Å²) in [7, 11) is 0. The third kappa shape index (κ3) is 546. The van der Waals surface area contributed by atoms with Crippen LogP contribution in [0.5, 0.6) is 0 Å². The Bertz CT molecular complexity index is 29.9. The van der Waals surface area contributed by atoms with E-state index < -0.39 is 6.16 Å². The van der Waals surface area contributed by atoms with E-state index in [2.05, 4.69) is 0 Å². The number of hydrogen-bond acceptors (Lipinski definition) is 1. The van der Waals surface area contributed by atoms with Gasteiger partial charge in [0.1, 0.15) is 0 Å². The van der Waals surface area contributed by atoms with E-state index in [1.54, 1.807) is 0 Å². The van der Waals surface area contributed by atoms with Crippen LogP contribution in [-0.2, 0) is 0 Å². The molecule has 0 aliphatic rings. The molecular formula is CH4O3Pb. The van der Waals surface area contributed by atoms with E-state index in [1.807, 2.05) is 0 Å². The summed E-state index contributed by atoms with van der Waals surface area (Å²) in [5.41, 5.74) is 0. The molecule has 2 radical (unpaired) electrons. The van der Waals surface area contributed by atoms with Crippen LogP contribution in [-0.4, -0.2) is 43.7 Å². The number of carboxylic acid groups (broad SMARTS) is 2. The second-order valence-corrected chi connectivity index (χ2v) is 0.283. The Kier molecular flexibility index (Phi) is 7.51. The fourth-order valence-corrected chi connectivity index (χ4v) is 0. The molecule has 2 N–H and O–H groups in total. The molecule has 0 aliphatic carbocycles. The molecule has 0 fully saturated rings. The van der Waals surface area contributed by atoms with Crippen LogP contribution in [0.3, 0.4) is 0 Å². The van der Waals surface area contributed by atoms with Gasteiger partial charge >= 0.3 is 33.5 Å². The number of rotatable bonds is 0. The molecule has 0 bridgehead atoms. The Balaban J connectivity index is 0. The SMILES string of the molecule is O=C(O)O.[PbH2]. The van der Waals surface area contributed by atoms with E-state index in [4.69, 9.17) is 15.0 Å². The van der Waals surface area contributed by atoms with Crippen molar-refractivity contribution >= 4 is 33.5 Å². The van der Waals surface area contributed by atoms with Gasteiger partial charge in [0.2, 0.25) is 0 Å². The first-order valence-corrected chi connectivity index (χ1v) is 0.651. The van der Waals surface area contributed by atoms with Gasteiger partial charge in [-0.1, -0.05) is 0 Å². The van der Waals surface area contributed by atoms with Crippen molar-refractivity contribution in [2.45, 2.75) is 0 Å². The Hall–Kier alpha value is 0.192. The van der Waals surface area contributed by atoms with Crippen molar-refractivity contribution in [3.63, 3.8) is 0 Å². The molecule has 5 heavy (non-hydrogen) atoms. The standard InChI is InChI=1S/CH2O3.Pb.2H/c2-1(3)4;;;/h(H2,2,3,4);;;. The van der Waals surface area contributed by atoms with Crippen molar-refractivity contribution in [3.05, 3.63) is 0 Å². The predicted octanol–water partition coefficient (Wildman–Crippen LogP) is -0.694. The summed E-state index contributed by atoms with van der Waals surface area (Å²) < 4.78 is 0. The molecule has 0 rings (SSSR count). The fraction of sp³-hybridized carbons (Fsp3) is 0. The van der Waals surface area contributed by atoms with Crippen molar-refractivity contribution in [2.24, 2.45) is 0 Å². The van der Waals surface area contributed by atoms with Crippen molar-refractivity contribution in [1.29, 1.82) is 0 Å². The topological polar surface area (TPSA) is 57.5 Å². The van der Waals surface area contributed by atoms with Crippen LogP contribution in [0, 0.1) is 0 Å². The molecular weight excluding hydrogens is 267 g/mol. The van der Waals surface area contributed by atoms with E-state index in [9.17, 15) is 0 Å².